The topological polar surface area (TPSA) is 82.7 Å². The van der Waals surface area contributed by atoms with E-state index in [0.717, 1.165) is 30.6 Å². The molecule has 7 nitrogen and oxygen atoms in total. The van der Waals surface area contributed by atoms with Crippen LogP contribution < -0.4 is 20.1 Å². The van der Waals surface area contributed by atoms with Gasteiger partial charge in [-0.2, -0.15) is 0 Å². The van der Waals surface area contributed by atoms with Gasteiger partial charge in [-0.05, 0) is 75.2 Å². The number of nitrogens with one attached hydrogen (secondary N) is 3. The Morgan fingerprint density at radius 2 is 1.97 bits per heavy atom. The summed E-state index contributed by atoms with van der Waals surface area (Å²) in [5.74, 6) is 1.37. The van der Waals surface area contributed by atoms with E-state index in [2.05, 4.69) is 15.4 Å². The largest absolute Gasteiger partial charge is 0.490 e. The molecular formula is C23H35FN4O3S. The first-order chi connectivity index (χ1) is 15.6. The number of carbonyl (C=O) groups is 2. The smallest absolute Gasteiger partial charge is 0.324 e. The van der Waals surface area contributed by atoms with Crippen LogP contribution in [0.4, 0.5) is 9.18 Å². The molecule has 1 aliphatic carbocycles. The van der Waals surface area contributed by atoms with E-state index in [4.69, 9.17) is 4.74 Å². The van der Waals surface area contributed by atoms with Crippen LogP contribution in [0.3, 0.4) is 0 Å². The molecule has 9 heteroatoms. The molecule has 0 radical (unpaired) electrons. The van der Waals surface area contributed by atoms with Gasteiger partial charge in [0.2, 0.25) is 5.91 Å². The van der Waals surface area contributed by atoms with Gasteiger partial charge in [0.15, 0.2) is 11.6 Å². The lowest BCUT2D eigenvalue weighted by molar-refractivity contribution is -0.118. The number of nitrogens with zero attached hydrogens (tertiary/aromatic N) is 1. The molecule has 0 bridgehead atoms. The highest BCUT2D eigenvalue weighted by Crippen LogP contribution is 2.30. The van der Waals surface area contributed by atoms with Crippen molar-refractivity contribution in [2.24, 2.45) is 5.92 Å². The number of benzene rings is 1. The molecule has 32 heavy (non-hydrogen) atoms. The van der Waals surface area contributed by atoms with Gasteiger partial charge in [0.25, 0.3) is 0 Å². The second-order valence-corrected chi connectivity index (χ2v) is 9.47. The van der Waals surface area contributed by atoms with E-state index >= 15 is 0 Å². The zero-order chi connectivity index (χ0) is 22.6. The van der Waals surface area contributed by atoms with Crippen LogP contribution in [0.5, 0.6) is 5.75 Å². The van der Waals surface area contributed by atoms with Gasteiger partial charge in [0.05, 0.1) is 6.61 Å². The van der Waals surface area contributed by atoms with Crippen molar-refractivity contribution in [2.75, 3.05) is 38.5 Å². The van der Waals surface area contributed by atoms with E-state index in [1.807, 2.05) is 0 Å². The molecule has 3 N–H and O–H groups in total. The van der Waals surface area contributed by atoms with Crippen molar-refractivity contribution >= 4 is 23.9 Å². The third-order valence-electron chi connectivity index (χ3n) is 5.55. The van der Waals surface area contributed by atoms with Crippen LogP contribution in [0, 0.1) is 11.7 Å². The maximum Gasteiger partial charge on any atom is 0.324 e. The van der Waals surface area contributed by atoms with E-state index in [1.54, 1.807) is 29.0 Å². The fourth-order valence-corrected chi connectivity index (χ4v) is 4.17. The molecule has 178 valence electrons. The maximum absolute atomic E-state index is 13.8. The summed E-state index contributed by atoms with van der Waals surface area (Å²) in [6.07, 6.45) is 8.06. The number of halogens is 1. The van der Waals surface area contributed by atoms with E-state index < -0.39 is 0 Å². The highest BCUT2D eigenvalue weighted by atomic mass is 32.2. The van der Waals surface area contributed by atoms with Crippen molar-refractivity contribution in [2.45, 2.75) is 51.5 Å². The van der Waals surface area contributed by atoms with E-state index in [-0.39, 0.29) is 24.3 Å². The van der Waals surface area contributed by atoms with Crippen LogP contribution in [0.25, 0.3) is 0 Å². The molecule has 2 heterocycles. The number of urea groups is 1. The SMILES string of the molecule is C1CCNC1.O=C1CN(CCCCCSNCc2ccc(F)c(OCC3CC3)c2)C(=O)N1. The molecule has 0 atom stereocenters. The van der Waals surface area contributed by atoms with Crippen LogP contribution in [0.15, 0.2) is 18.2 Å². The van der Waals surface area contributed by atoms with Gasteiger partial charge in [-0.25, -0.2) is 9.18 Å². The van der Waals surface area contributed by atoms with Crippen molar-refractivity contribution in [3.63, 3.8) is 0 Å². The Hall–Kier alpha value is -1.84. The quantitative estimate of drug-likeness (QED) is 0.249. The van der Waals surface area contributed by atoms with Gasteiger partial charge >= 0.3 is 6.03 Å². The molecule has 0 spiro atoms. The van der Waals surface area contributed by atoms with Crippen LogP contribution in [-0.2, 0) is 11.3 Å². The second-order valence-electron chi connectivity index (χ2n) is 8.48. The van der Waals surface area contributed by atoms with Gasteiger partial charge in [0, 0.05) is 18.8 Å². The summed E-state index contributed by atoms with van der Waals surface area (Å²) < 4.78 is 22.6. The average molecular weight is 467 g/mol. The summed E-state index contributed by atoms with van der Waals surface area (Å²) in [5.41, 5.74) is 0.999. The highest BCUT2D eigenvalue weighted by Gasteiger charge is 2.25. The van der Waals surface area contributed by atoms with Crippen molar-refractivity contribution in [3.05, 3.63) is 29.6 Å². The van der Waals surface area contributed by atoms with E-state index in [1.165, 1.54) is 44.8 Å². The summed E-state index contributed by atoms with van der Waals surface area (Å²) in [7, 11) is 0. The molecule has 1 aromatic rings. The molecule has 3 amide bonds. The first-order valence-corrected chi connectivity index (χ1v) is 12.7. The second kappa shape index (κ2) is 13.6. The Bertz CT molecular complexity index is 736. The van der Waals surface area contributed by atoms with Crippen molar-refractivity contribution < 1.29 is 18.7 Å². The lowest BCUT2D eigenvalue weighted by Gasteiger charge is -2.12. The molecule has 0 unspecified atom stereocenters. The lowest BCUT2D eigenvalue weighted by atomic mass is 10.2. The zero-order valence-corrected chi connectivity index (χ0v) is 19.5. The fraction of sp³-hybridized carbons (Fsp3) is 0.652. The third kappa shape index (κ3) is 9.34. The summed E-state index contributed by atoms with van der Waals surface area (Å²) in [4.78, 5) is 24.0. The minimum Gasteiger partial charge on any atom is -0.490 e. The molecule has 4 rings (SSSR count). The number of unbranched alkanes of at least 4 members (excludes halogenated alkanes) is 2. The molecule has 0 aromatic heterocycles. The highest BCUT2D eigenvalue weighted by molar-refractivity contribution is 7.97. The van der Waals surface area contributed by atoms with Gasteiger partial charge in [0.1, 0.15) is 6.54 Å². The van der Waals surface area contributed by atoms with Crippen LogP contribution in [-0.4, -0.2) is 55.4 Å². The monoisotopic (exact) mass is 466 g/mol. The Labute approximate surface area is 194 Å². The van der Waals surface area contributed by atoms with E-state index in [0.29, 0.717) is 31.4 Å². The third-order valence-corrected chi connectivity index (χ3v) is 6.39. The number of ether oxygens (including phenoxy) is 1. The van der Waals surface area contributed by atoms with Crippen LogP contribution in [0.1, 0.15) is 50.5 Å². The predicted molar refractivity (Wildman–Crippen MR) is 125 cm³/mol. The van der Waals surface area contributed by atoms with Crippen LogP contribution >= 0.6 is 11.9 Å². The zero-order valence-electron chi connectivity index (χ0n) is 18.7. The van der Waals surface area contributed by atoms with Gasteiger partial charge in [-0.3, -0.25) is 14.8 Å². The Morgan fingerprint density at radius 3 is 2.62 bits per heavy atom. The Kier molecular flexibility index (Phi) is 10.6. The number of carbonyl (C=O) groups excluding carboxylic acids is 2. The van der Waals surface area contributed by atoms with Gasteiger partial charge in [-0.1, -0.05) is 24.4 Å². The summed E-state index contributed by atoms with van der Waals surface area (Å²) in [6, 6.07) is 4.72. The minimum atomic E-state index is -0.305. The van der Waals surface area contributed by atoms with E-state index in [9.17, 15) is 14.0 Å². The standard InChI is InChI=1S/C19H26FN3O3S.C4H9N/c20-16-7-6-15(10-17(16)26-13-14-4-5-14)11-21-27-9-3-1-2-8-23-12-18(24)22-19(23)25;1-2-4-5-3-1/h6-7,10,14,21H,1-5,8-9,11-13H2,(H,22,24,25);5H,1-4H2. The first-order valence-electron chi connectivity index (χ1n) is 11.7. The molecule has 2 aliphatic heterocycles. The number of hydrogen-bond acceptors (Lipinski definition) is 6. The number of hydrogen-bond donors (Lipinski definition) is 3. The minimum absolute atomic E-state index is 0.180. The van der Waals surface area contributed by atoms with Gasteiger partial charge in [-0.15, -0.1) is 0 Å². The van der Waals surface area contributed by atoms with Crippen molar-refractivity contribution in [1.82, 2.24) is 20.3 Å². The molecule has 2 saturated heterocycles. The predicted octanol–water partition coefficient (Wildman–Crippen LogP) is 3.44. The number of rotatable bonds is 12. The fourth-order valence-electron chi connectivity index (χ4n) is 3.41. The molecule has 3 aliphatic rings. The normalized spacial score (nSPS) is 17.8. The first kappa shape index (κ1) is 24.8. The summed E-state index contributed by atoms with van der Waals surface area (Å²) >= 11 is 1.64. The number of imide groups is 1. The molecule has 3 fully saturated rings. The van der Waals surface area contributed by atoms with Gasteiger partial charge < -0.3 is 15.0 Å². The molecular weight excluding hydrogens is 431 g/mol. The lowest BCUT2D eigenvalue weighted by Crippen LogP contribution is -2.29. The Balaban J connectivity index is 0.000000509. The Morgan fingerprint density at radius 1 is 1.16 bits per heavy atom. The molecule has 1 saturated carbocycles. The molecule has 1 aromatic carbocycles. The van der Waals surface area contributed by atoms with Crippen molar-refractivity contribution in [1.29, 1.82) is 0 Å². The maximum atomic E-state index is 13.8. The van der Waals surface area contributed by atoms with Crippen molar-refractivity contribution in [3.8, 4) is 5.75 Å². The number of amides is 3. The average Bonchev–Trinajstić information content (AvgIpc) is 3.27. The summed E-state index contributed by atoms with van der Waals surface area (Å²) in [5, 5.41) is 5.50. The van der Waals surface area contributed by atoms with Crippen LogP contribution in [0.2, 0.25) is 0 Å². The summed E-state index contributed by atoms with van der Waals surface area (Å²) in [6.45, 7) is 4.56.